The van der Waals surface area contributed by atoms with Gasteiger partial charge < -0.3 is 9.47 Å². The van der Waals surface area contributed by atoms with Crippen LogP contribution in [0.25, 0.3) is 16.9 Å². The molecule has 3 heterocycles. The number of hydrazine groups is 1. The van der Waals surface area contributed by atoms with Gasteiger partial charge in [0.1, 0.15) is 5.65 Å². The number of methoxy groups -OCH3 is 2. The molecule has 0 amide bonds. The van der Waals surface area contributed by atoms with E-state index in [-0.39, 0.29) is 0 Å². The standard InChI is InChI=1S/C16H16N6O2S/c1-23-12-4-3-10(7-13(12)24-2)11-8-14-17-5-6-22(14)15(19-11)20-16-21-18-9-25-16/h3-8,18H,9H2,1-2H3,(H,19,20,21). The summed E-state index contributed by atoms with van der Waals surface area (Å²) >= 11 is 1.58. The van der Waals surface area contributed by atoms with Crippen molar-refractivity contribution in [3.8, 4) is 22.8 Å². The van der Waals surface area contributed by atoms with E-state index in [1.165, 1.54) is 0 Å². The number of thioether (sulfide) groups is 1. The number of ether oxygens (including phenoxy) is 2. The molecule has 1 aromatic carbocycles. The van der Waals surface area contributed by atoms with Crippen molar-refractivity contribution >= 4 is 28.5 Å². The molecule has 9 heteroatoms. The highest BCUT2D eigenvalue weighted by Gasteiger charge is 2.13. The number of imidazole rings is 1. The molecule has 25 heavy (non-hydrogen) atoms. The molecule has 0 spiro atoms. The van der Waals surface area contributed by atoms with Crippen molar-refractivity contribution in [2.24, 2.45) is 4.99 Å². The first kappa shape index (κ1) is 15.7. The van der Waals surface area contributed by atoms with Crippen molar-refractivity contribution in [2.75, 3.05) is 20.1 Å². The molecule has 8 nitrogen and oxygen atoms in total. The van der Waals surface area contributed by atoms with E-state index in [4.69, 9.17) is 14.5 Å². The number of fused-ring (bicyclic) bond motifs is 1. The summed E-state index contributed by atoms with van der Waals surface area (Å²) in [5.41, 5.74) is 8.45. The van der Waals surface area contributed by atoms with Crippen molar-refractivity contribution in [1.29, 1.82) is 0 Å². The van der Waals surface area contributed by atoms with E-state index in [1.807, 2.05) is 34.9 Å². The Morgan fingerprint density at radius 1 is 1.20 bits per heavy atom. The fraction of sp³-hybridized carbons (Fsp3) is 0.188. The number of aromatic nitrogens is 3. The molecule has 0 bridgehead atoms. The van der Waals surface area contributed by atoms with E-state index in [9.17, 15) is 0 Å². The lowest BCUT2D eigenvalue weighted by Gasteiger charge is -2.10. The first-order valence-electron chi connectivity index (χ1n) is 7.55. The van der Waals surface area contributed by atoms with Crippen molar-refractivity contribution in [3.05, 3.63) is 36.7 Å². The van der Waals surface area contributed by atoms with Gasteiger partial charge in [-0.3, -0.25) is 9.83 Å². The molecule has 2 N–H and O–H groups in total. The molecule has 128 valence electrons. The van der Waals surface area contributed by atoms with Gasteiger partial charge in [0.25, 0.3) is 0 Å². The fourth-order valence-electron chi connectivity index (χ4n) is 2.53. The van der Waals surface area contributed by atoms with Crippen LogP contribution in [0.1, 0.15) is 0 Å². The molecule has 0 saturated carbocycles. The molecular weight excluding hydrogens is 340 g/mol. The summed E-state index contributed by atoms with van der Waals surface area (Å²) in [6, 6.07) is 7.60. The maximum absolute atomic E-state index is 5.39. The Balaban J connectivity index is 1.84. The summed E-state index contributed by atoms with van der Waals surface area (Å²) in [6.07, 6.45) is 3.57. The molecule has 1 fully saturated rings. The summed E-state index contributed by atoms with van der Waals surface area (Å²) in [5, 5.41) is 0.770. The van der Waals surface area contributed by atoms with Gasteiger partial charge in [-0.2, -0.15) is 4.99 Å². The minimum Gasteiger partial charge on any atom is -0.493 e. The van der Waals surface area contributed by atoms with Crippen LogP contribution in [0.15, 0.2) is 41.7 Å². The first-order valence-corrected chi connectivity index (χ1v) is 8.54. The zero-order valence-corrected chi connectivity index (χ0v) is 14.5. The Morgan fingerprint density at radius 2 is 2.08 bits per heavy atom. The number of benzene rings is 1. The van der Waals surface area contributed by atoms with Gasteiger partial charge in [0, 0.05) is 24.0 Å². The highest BCUT2D eigenvalue weighted by atomic mass is 32.2. The molecule has 1 aliphatic heterocycles. The molecule has 2 aromatic heterocycles. The fourth-order valence-corrected chi connectivity index (χ4v) is 3.10. The molecule has 4 rings (SSSR count). The normalized spacial score (nSPS) is 15.5. The van der Waals surface area contributed by atoms with Crippen LogP contribution in [0.5, 0.6) is 11.5 Å². The van der Waals surface area contributed by atoms with Gasteiger partial charge in [-0.25, -0.2) is 15.4 Å². The molecule has 3 aromatic rings. The first-order chi connectivity index (χ1) is 12.3. The SMILES string of the molecule is COc1ccc(-c2cc3nccn3c(N=C3NNCS3)n2)cc1OC. The van der Waals surface area contributed by atoms with E-state index in [0.717, 1.165) is 27.9 Å². The minimum absolute atomic E-state index is 0.554. The van der Waals surface area contributed by atoms with Crippen LogP contribution in [0, 0.1) is 0 Å². The molecule has 0 aliphatic carbocycles. The monoisotopic (exact) mass is 356 g/mol. The Morgan fingerprint density at radius 3 is 2.84 bits per heavy atom. The van der Waals surface area contributed by atoms with Crippen LogP contribution in [-0.2, 0) is 0 Å². The molecular formula is C16H16N6O2S. The number of hydrogen-bond donors (Lipinski definition) is 2. The van der Waals surface area contributed by atoms with Gasteiger partial charge in [-0.15, -0.1) is 0 Å². The summed E-state index contributed by atoms with van der Waals surface area (Å²) in [4.78, 5) is 13.6. The summed E-state index contributed by atoms with van der Waals surface area (Å²) < 4.78 is 12.5. The van der Waals surface area contributed by atoms with Crippen molar-refractivity contribution in [2.45, 2.75) is 0 Å². The topological polar surface area (TPSA) is 85.1 Å². The van der Waals surface area contributed by atoms with Crippen LogP contribution in [0.4, 0.5) is 5.95 Å². The zero-order valence-electron chi connectivity index (χ0n) is 13.7. The van der Waals surface area contributed by atoms with Crippen molar-refractivity contribution < 1.29 is 9.47 Å². The highest BCUT2D eigenvalue weighted by Crippen LogP contribution is 2.32. The maximum Gasteiger partial charge on any atom is 0.238 e. The lowest BCUT2D eigenvalue weighted by molar-refractivity contribution is 0.355. The summed E-state index contributed by atoms with van der Waals surface area (Å²) in [5.74, 6) is 2.64. The summed E-state index contributed by atoms with van der Waals surface area (Å²) in [6.45, 7) is 0. The Labute approximate surface area is 148 Å². The third-order valence-electron chi connectivity index (χ3n) is 3.73. The van der Waals surface area contributed by atoms with Crippen LogP contribution in [-0.4, -0.2) is 39.6 Å². The molecule has 1 aliphatic rings. The van der Waals surface area contributed by atoms with Crippen molar-refractivity contribution in [3.63, 3.8) is 0 Å². The van der Waals surface area contributed by atoms with Gasteiger partial charge in [-0.1, -0.05) is 11.8 Å². The predicted octanol–water partition coefficient (Wildman–Crippen LogP) is 2.20. The molecule has 0 unspecified atom stereocenters. The van der Waals surface area contributed by atoms with Crippen LogP contribution in [0.2, 0.25) is 0 Å². The van der Waals surface area contributed by atoms with Crippen molar-refractivity contribution in [1.82, 2.24) is 25.2 Å². The number of rotatable bonds is 4. The van der Waals surface area contributed by atoms with Crippen LogP contribution in [0.3, 0.4) is 0 Å². The zero-order chi connectivity index (χ0) is 17.2. The quantitative estimate of drug-likeness (QED) is 0.741. The average Bonchev–Trinajstić information content (AvgIpc) is 3.32. The smallest absolute Gasteiger partial charge is 0.238 e. The second kappa shape index (κ2) is 6.61. The Bertz CT molecular complexity index is 947. The van der Waals surface area contributed by atoms with E-state index >= 15 is 0 Å². The van der Waals surface area contributed by atoms with E-state index in [0.29, 0.717) is 17.4 Å². The lowest BCUT2D eigenvalue weighted by Crippen LogP contribution is -2.25. The van der Waals surface area contributed by atoms with Gasteiger partial charge in [0.05, 0.1) is 25.8 Å². The van der Waals surface area contributed by atoms with Crippen LogP contribution < -0.4 is 20.3 Å². The largest absolute Gasteiger partial charge is 0.493 e. The van der Waals surface area contributed by atoms with E-state index < -0.39 is 0 Å². The second-order valence-corrected chi connectivity index (χ2v) is 6.14. The number of amidine groups is 1. The Kier molecular flexibility index (Phi) is 4.16. The van der Waals surface area contributed by atoms with Gasteiger partial charge in [0.15, 0.2) is 16.7 Å². The molecule has 1 saturated heterocycles. The average molecular weight is 356 g/mol. The number of aliphatic imine (C=N–C) groups is 1. The molecule has 0 radical (unpaired) electrons. The van der Waals surface area contributed by atoms with Gasteiger partial charge in [-0.05, 0) is 18.2 Å². The van der Waals surface area contributed by atoms with E-state index in [1.54, 1.807) is 32.2 Å². The lowest BCUT2D eigenvalue weighted by atomic mass is 10.1. The predicted molar refractivity (Wildman–Crippen MR) is 97.4 cm³/mol. The second-order valence-electron chi connectivity index (χ2n) is 5.17. The van der Waals surface area contributed by atoms with Crippen LogP contribution >= 0.6 is 11.8 Å². The van der Waals surface area contributed by atoms with E-state index in [2.05, 4.69) is 20.8 Å². The Hall–Kier alpha value is -2.78. The number of hydrogen-bond acceptors (Lipinski definition) is 7. The number of nitrogens with one attached hydrogen (secondary N) is 2. The third kappa shape index (κ3) is 2.99. The maximum atomic E-state index is 5.39. The number of nitrogens with zero attached hydrogens (tertiary/aromatic N) is 4. The minimum atomic E-state index is 0.554. The summed E-state index contributed by atoms with van der Waals surface area (Å²) in [7, 11) is 3.22. The van der Waals surface area contributed by atoms with Gasteiger partial charge in [0.2, 0.25) is 5.95 Å². The highest BCUT2D eigenvalue weighted by molar-refractivity contribution is 8.14. The third-order valence-corrected chi connectivity index (χ3v) is 4.48. The molecule has 0 atom stereocenters. The van der Waals surface area contributed by atoms with Gasteiger partial charge >= 0.3 is 0 Å².